The van der Waals surface area contributed by atoms with Gasteiger partial charge in [0.05, 0.1) is 11.3 Å². The van der Waals surface area contributed by atoms with Crippen LogP contribution in [0.3, 0.4) is 0 Å². The van der Waals surface area contributed by atoms with E-state index in [2.05, 4.69) is 17.6 Å². The molecule has 7 heteroatoms. The maximum atomic E-state index is 12.8. The van der Waals surface area contributed by atoms with Crippen molar-refractivity contribution in [3.05, 3.63) is 29.8 Å². The summed E-state index contributed by atoms with van der Waals surface area (Å²) in [6.45, 7) is 3.60. The number of alkyl halides is 3. The predicted octanol–water partition coefficient (Wildman–Crippen LogP) is 4.03. The highest BCUT2D eigenvalue weighted by Crippen LogP contribution is 2.34. The number of halogens is 3. The fraction of sp³-hybridized carbons (Fsp3) is 0.533. The number of unbranched alkanes of at least 4 members (excludes halogenated alkanes) is 1. The Labute approximate surface area is 128 Å². The largest absolute Gasteiger partial charge is 0.418 e. The number of para-hydroxylation sites is 1. The second-order valence-corrected chi connectivity index (χ2v) is 4.74. The van der Waals surface area contributed by atoms with E-state index in [9.17, 15) is 18.0 Å². The highest BCUT2D eigenvalue weighted by molar-refractivity contribution is 5.90. The van der Waals surface area contributed by atoms with E-state index in [0.717, 1.165) is 18.9 Å². The van der Waals surface area contributed by atoms with Crippen LogP contribution in [0.25, 0.3) is 0 Å². The van der Waals surface area contributed by atoms with Crippen LogP contribution in [0.1, 0.15) is 31.7 Å². The lowest BCUT2D eigenvalue weighted by Gasteiger charge is -2.14. The summed E-state index contributed by atoms with van der Waals surface area (Å²) in [6.07, 6.45) is -1.85. The van der Waals surface area contributed by atoms with Gasteiger partial charge in [0.25, 0.3) is 0 Å². The fourth-order valence-corrected chi connectivity index (χ4v) is 1.73. The molecule has 0 bridgehead atoms. The third-order valence-electron chi connectivity index (χ3n) is 2.87. The Hall–Kier alpha value is -1.76. The van der Waals surface area contributed by atoms with Gasteiger partial charge in [0, 0.05) is 19.8 Å². The molecule has 1 rings (SSSR count). The van der Waals surface area contributed by atoms with E-state index in [4.69, 9.17) is 4.74 Å². The van der Waals surface area contributed by atoms with Crippen LogP contribution >= 0.6 is 0 Å². The smallest absolute Gasteiger partial charge is 0.381 e. The molecule has 1 aromatic rings. The number of carbonyl (C=O) groups is 1. The first-order valence-electron chi connectivity index (χ1n) is 7.24. The summed E-state index contributed by atoms with van der Waals surface area (Å²) in [5, 5.41) is 4.72. The van der Waals surface area contributed by atoms with Crippen LogP contribution in [0.2, 0.25) is 0 Å². The average Bonchev–Trinajstić information content (AvgIpc) is 2.46. The van der Waals surface area contributed by atoms with Crippen LogP contribution in [0, 0.1) is 0 Å². The summed E-state index contributed by atoms with van der Waals surface area (Å²) in [5.74, 6) is 0. The van der Waals surface area contributed by atoms with E-state index < -0.39 is 17.8 Å². The summed E-state index contributed by atoms with van der Waals surface area (Å²) >= 11 is 0. The van der Waals surface area contributed by atoms with Gasteiger partial charge in [0.15, 0.2) is 0 Å². The molecule has 0 aliphatic heterocycles. The molecular formula is C15H21F3N2O2. The molecule has 0 saturated carbocycles. The highest BCUT2D eigenvalue weighted by atomic mass is 19.4. The lowest BCUT2D eigenvalue weighted by molar-refractivity contribution is -0.136. The first-order chi connectivity index (χ1) is 10.4. The van der Waals surface area contributed by atoms with Gasteiger partial charge in [-0.2, -0.15) is 13.2 Å². The first-order valence-corrected chi connectivity index (χ1v) is 7.24. The Morgan fingerprint density at radius 1 is 1.18 bits per heavy atom. The summed E-state index contributed by atoms with van der Waals surface area (Å²) in [6, 6.07) is 4.20. The number of nitrogens with one attached hydrogen (secondary N) is 2. The van der Waals surface area contributed by atoms with Crippen molar-refractivity contribution >= 4 is 11.7 Å². The van der Waals surface area contributed by atoms with Crippen LogP contribution in [0.4, 0.5) is 23.7 Å². The molecule has 0 heterocycles. The van der Waals surface area contributed by atoms with Crippen LogP contribution in [-0.2, 0) is 10.9 Å². The van der Waals surface area contributed by atoms with Gasteiger partial charge in [-0.25, -0.2) is 4.79 Å². The minimum absolute atomic E-state index is 0.258. The van der Waals surface area contributed by atoms with Crippen molar-refractivity contribution in [3.8, 4) is 0 Å². The number of hydrogen-bond donors (Lipinski definition) is 2. The van der Waals surface area contributed by atoms with E-state index in [-0.39, 0.29) is 5.69 Å². The predicted molar refractivity (Wildman–Crippen MR) is 78.8 cm³/mol. The molecule has 22 heavy (non-hydrogen) atoms. The van der Waals surface area contributed by atoms with Crippen molar-refractivity contribution in [3.63, 3.8) is 0 Å². The van der Waals surface area contributed by atoms with Crippen molar-refractivity contribution in [1.29, 1.82) is 0 Å². The van der Waals surface area contributed by atoms with Gasteiger partial charge in [0.1, 0.15) is 0 Å². The lowest BCUT2D eigenvalue weighted by Crippen LogP contribution is -2.31. The van der Waals surface area contributed by atoms with Crippen LogP contribution < -0.4 is 10.6 Å². The summed E-state index contributed by atoms with van der Waals surface area (Å²) < 4.78 is 43.6. The topological polar surface area (TPSA) is 50.4 Å². The van der Waals surface area contributed by atoms with Gasteiger partial charge in [-0.1, -0.05) is 25.5 Å². The normalized spacial score (nSPS) is 11.3. The van der Waals surface area contributed by atoms with Gasteiger partial charge in [-0.05, 0) is 25.0 Å². The van der Waals surface area contributed by atoms with Crippen molar-refractivity contribution in [2.45, 2.75) is 32.4 Å². The van der Waals surface area contributed by atoms with Gasteiger partial charge < -0.3 is 15.4 Å². The third kappa shape index (κ3) is 6.80. The molecule has 0 spiro atoms. The molecule has 2 N–H and O–H groups in total. The number of amides is 2. The molecule has 0 aromatic heterocycles. The zero-order valence-electron chi connectivity index (χ0n) is 12.5. The molecular weight excluding hydrogens is 297 g/mol. The van der Waals surface area contributed by atoms with Crippen molar-refractivity contribution in [1.82, 2.24) is 5.32 Å². The van der Waals surface area contributed by atoms with E-state index >= 15 is 0 Å². The monoisotopic (exact) mass is 318 g/mol. The van der Waals surface area contributed by atoms with Gasteiger partial charge in [-0.15, -0.1) is 0 Å². The number of urea groups is 1. The van der Waals surface area contributed by atoms with Gasteiger partial charge in [0.2, 0.25) is 0 Å². The number of hydrogen-bond acceptors (Lipinski definition) is 2. The SMILES string of the molecule is CCCCOCCCNC(=O)Nc1ccccc1C(F)(F)F. The fourth-order valence-electron chi connectivity index (χ4n) is 1.73. The molecule has 124 valence electrons. The summed E-state index contributed by atoms with van der Waals surface area (Å²) in [7, 11) is 0. The van der Waals surface area contributed by atoms with E-state index in [0.29, 0.717) is 26.2 Å². The molecule has 0 radical (unpaired) electrons. The number of anilines is 1. The quantitative estimate of drug-likeness (QED) is 0.711. The first kappa shape index (κ1) is 18.3. The molecule has 0 unspecified atom stereocenters. The molecule has 0 atom stereocenters. The highest BCUT2D eigenvalue weighted by Gasteiger charge is 2.33. The van der Waals surface area contributed by atoms with Crippen molar-refractivity contribution in [2.24, 2.45) is 0 Å². The Kier molecular flexibility index (Phi) is 7.73. The lowest BCUT2D eigenvalue weighted by atomic mass is 10.1. The van der Waals surface area contributed by atoms with Gasteiger partial charge >= 0.3 is 12.2 Å². The standard InChI is InChI=1S/C15H21F3N2O2/c1-2-3-10-22-11-6-9-19-14(21)20-13-8-5-4-7-12(13)15(16,17)18/h4-5,7-8H,2-3,6,9-11H2,1H3,(H2,19,20,21). The zero-order chi connectivity index (χ0) is 16.4. The minimum atomic E-state index is -4.50. The number of rotatable bonds is 8. The second-order valence-electron chi connectivity index (χ2n) is 4.74. The Morgan fingerprint density at radius 3 is 2.55 bits per heavy atom. The third-order valence-corrected chi connectivity index (χ3v) is 2.87. The zero-order valence-corrected chi connectivity index (χ0v) is 12.5. The Balaban J connectivity index is 2.34. The van der Waals surface area contributed by atoms with Crippen molar-refractivity contribution in [2.75, 3.05) is 25.1 Å². The second kappa shape index (κ2) is 9.30. The van der Waals surface area contributed by atoms with Gasteiger partial charge in [-0.3, -0.25) is 0 Å². The molecule has 2 amide bonds. The van der Waals surface area contributed by atoms with Crippen LogP contribution in [0.5, 0.6) is 0 Å². The Morgan fingerprint density at radius 2 is 1.86 bits per heavy atom. The minimum Gasteiger partial charge on any atom is -0.381 e. The number of ether oxygens (including phenoxy) is 1. The van der Waals surface area contributed by atoms with Crippen LogP contribution in [-0.4, -0.2) is 25.8 Å². The maximum Gasteiger partial charge on any atom is 0.418 e. The molecule has 1 aromatic carbocycles. The Bertz CT molecular complexity index is 464. The molecule has 4 nitrogen and oxygen atoms in total. The molecule has 0 aliphatic carbocycles. The van der Waals surface area contributed by atoms with Crippen molar-refractivity contribution < 1.29 is 22.7 Å². The van der Waals surface area contributed by atoms with E-state index in [1.165, 1.54) is 18.2 Å². The average molecular weight is 318 g/mol. The van der Waals surface area contributed by atoms with E-state index in [1.807, 2.05) is 0 Å². The van der Waals surface area contributed by atoms with E-state index in [1.54, 1.807) is 0 Å². The summed E-state index contributed by atoms with van der Waals surface area (Å²) in [4.78, 5) is 11.6. The molecule has 0 saturated heterocycles. The number of carbonyl (C=O) groups excluding carboxylic acids is 1. The number of benzene rings is 1. The molecule has 0 aliphatic rings. The summed E-state index contributed by atoms with van der Waals surface area (Å²) in [5.41, 5.74) is -1.13. The van der Waals surface area contributed by atoms with Crippen LogP contribution in [0.15, 0.2) is 24.3 Å². The maximum absolute atomic E-state index is 12.8. The molecule has 0 fully saturated rings.